The Kier molecular flexibility index (Phi) is 4.16. The van der Waals surface area contributed by atoms with Gasteiger partial charge in [-0.2, -0.15) is 0 Å². The molecule has 2 heteroatoms. The highest BCUT2D eigenvalue weighted by Gasteiger charge is 2.51. The van der Waals surface area contributed by atoms with Crippen LogP contribution in [0.2, 0.25) is 0 Å². The van der Waals surface area contributed by atoms with E-state index < -0.39 is 0 Å². The maximum atomic E-state index is 2.88. The van der Waals surface area contributed by atoms with E-state index in [2.05, 4.69) is 37.5 Å². The molecule has 1 aliphatic carbocycles. The zero-order valence-electron chi connectivity index (χ0n) is 14.1. The third-order valence-corrected chi connectivity index (χ3v) is 6.41. The number of hydrogen-bond donors (Lipinski definition) is 0. The molecule has 4 aliphatic rings. The molecule has 3 heterocycles. The Balaban J connectivity index is 1.90. The average molecular weight is 278 g/mol. The molecule has 2 bridgehead atoms. The van der Waals surface area contributed by atoms with E-state index in [1.54, 1.807) is 0 Å². The van der Waals surface area contributed by atoms with Gasteiger partial charge < -0.3 is 0 Å². The molecule has 3 saturated heterocycles. The van der Waals surface area contributed by atoms with Crippen LogP contribution in [0.15, 0.2) is 0 Å². The highest BCUT2D eigenvalue weighted by molar-refractivity contribution is 5.05. The van der Waals surface area contributed by atoms with E-state index in [9.17, 15) is 0 Å². The smallest absolute Gasteiger partial charge is 0.0282 e. The van der Waals surface area contributed by atoms with E-state index in [0.29, 0.717) is 17.5 Å². The van der Waals surface area contributed by atoms with Crippen LogP contribution < -0.4 is 0 Å². The van der Waals surface area contributed by atoms with E-state index in [1.807, 2.05) is 0 Å². The van der Waals surface area contributed by atoms with Crippen molar-refractivity contribution in [2.75, 3.05) is 19.6 Å². The summed E-state index contributed by atoms with van der Waals surface area (Å²) in [6.07, 6.45) is 8.97. The normalized spacial score (nSPS) is 35.1. The van der Waals surface area contributed by atoms with Crippen molar-refractivity contribution in [3.8, 4) is 0 Å². The molecule has 20 heavy (non-hydrogen) atoms. The second kappa shape index (κ2) is 5.61. The molecular formula is C18H34N2. The Labute approximate surface area is 125 Å². The fourth-order valence-corrected chi connectivity index (χ4v) is 5.39. The van der Waals surface area contributed by atoms with Gasteiger partial charge in [0, 0.05) is 37.8 Å². The van der Waals surface area contributed by atoms with E-state index in [-0.39, 0.29) is 0 Å². The van der Waals surface area contributed by atoms with Gasteiger partial charge in [-0.25, -0.2) is 0 Å². The minimum Gasteiger partial charge on any atom is -0.299 e. The van der Waals surface area contributed by atoms with Crippen molar-refractivity contribution in [1.82, 2.24) is 9.80 Å². The lowest BCUT2D eigenvalue weighted by Crippen LogP contribution is -2.58. The van der Waals surface area contributed by atoms with Gasteiger partial charge in [-0.15, -0.1) is 0 Å². The van der Waals surface area contributed by atoms with Crippen LogP contribution in [0.25, 0.3) is 0 Å². The molecule has 0 aromatic rings. The minimum absolute atomic E-state index is 0.662. The van der Waals surface area contributed by atoms with Gasteiger partial charge >= 0.3 is 0 Å². The highest BCUT2D eigenvalue weighted by Crippen LogP contribution is 2.51. The lowest BCUT2D eigenvalue weighted by Gasteiger charge is -2.54. The fraction of sp³-hybridized carbons (Fsp3) is 1.00. The molecule has 0 amide bonds. The zero-order chi connectivity index (χ0) is 14.3. The number of fused-ring (bicyclic) bond motifs is 3. The number of piperidine rings is 1. The molecule has 2 atom stereocenters. The first kappa shape index (κ1) is 14.8. The van der Waals surface area contributed by atoms with Crippen LogP contribution in [0, 0.1) is 11.3 Å². The largest absolute Gasteiger partial charge is 0.299 e. The first-order valence-electron chi connectivity index (χ1n) is 9.02. The summed E-state index contributed by atoms with van der Waals surface area (Å²) in [6, 6.07) is 2.25. The summed E-state index contributed by atoms with van der Waals surface area (Å²) in [5, 5.41) is 0. The summed E-state index contributed by atoms with van der Waals surface area (Å²) in [7, 11) is 0. The monoisotopic (exact) mass is 278 g/mol. The molecule has 0 aromatic heterocycles. The minimum atomic E-state index is 0.662. The van der Waals surface area contributed by atoms with Crippen molar-refractivity contribution < 1.29 is 0 Å². The topological polar surface area (TPSA) is 6.48 Å². The summed E-state index contributed by atoms with van der Waals surface area (Å²) in [5.41, 5.74) is 0.662. The quantitative estimate of drug-likeness (QED) is 0.759. The molecule has 4 fully saturated rings. The molecule has 4 rings (SSSR count). The Morgan fingerprint density at radius 2 is 1.55 bits per heavy atom. The molecule has 0 N–H and O–H groups in total. The summed E-state index contributed by atoms with van der Waals surface area (Å²) in [5.74, 6) is 0.914. The van der Waals surface area contributed by atoms with E-state index in [1.165, 1.54) is 58.2 Å². The van der Waals surface area contributed by atoms with Crippen LogP contribution in [-0.4, -0.2) is 47.6 Å². The Hall–Kier alpha value is -0.0800. The van der Waals surface area contributed by atoms with Crippen LogP contribution >= 0.6 is 0 Å². The van der Waals surface area contributed by atoms with Crippen LogP contribution in [-0.2, 0) is 0 Å². The standard InChI is InChI=1S/C18H34N2/c1-14(2)19-11-16-10-18(8-6-5-7-9-18)17(13-19)20(12-16)15(3)4/h14-17H,5-13H2,1-4H3. The van der Waals surface area contributed by atoms with Crippen molar-refractivity contribution in [3.63, 3.8) is 0 Å². The number of rotatable bonds is 2. The fourth-order valence-electron chi connectivity index (χ4n) is 5.39. The average Bonchev–Trinajstić information content (AvgIpc) is 2.68. The van der Waals surface area contributed by atoms with Crippen molar-refractivity contribution in [2.24, 2.45) is 11.3 Å². The van der Waals surface area contributed by atoms with Crippen molar-refractivity contribution in [1.29, 1.82) is 0 Å². The number of hydrogen-bond acceptors (Lipinski definition) is 2. The first-order valence-corrected chi connectivity index (χ1v) is 9.02. The van der Waals surface area contributed by atoms with Gasteiger partial charge in [-0.05, 0) is 58.3 Å². The second-order valence-corrected chi connectivity index (χ2v) is 8.35. The summed E-state index contributed by atoms with van der Waals surface area (Å²) in [4.78, 5) is 5.66. The predicted molar refractivity (Wildman–Crippen MR) is 86.0 cm³/mol. The third-order valence-electron chi connectivity index (χ3n) is 6.41. The maximum Gasteiger partial charge on any atom is 0.0282 e. The van der Waals surface area contributed by atoms with Crippen molar-refractivity contribution >= 4 is 0 Å². The molecule has 1 saturated carbocycles. The van der Waals surface area contributed by atoms with E-state index in [0.717, 1.165) is 12.0 Å². The Morgan fingerprint density at radius 1 is 0.850 bits per heavy atom. The Bertz CT molecular complexity index is 328. The second-order valence-electron chi connectivity index (χ2n) is 8.35. The molecule has 2 nitrogen and oxygen atoms in total. The van der Waals surface area contributed by atoms with Crippen LogP contribution in [0.1, 0.15) is 66.2 Å². The molecule has 1 spiro atoms. The predicted octanol–water partition coefficient (Wildman–Crippen LogP) is 3.76. The van der Waals surface area contributed by atoms with Gasteiger partial charge in [-0.1, -0.05) is 19.3 Å². The van der Waals surface area contributed by atoms with Gasteiger partial charge in [-0.3, -0.25) is 9.80 Å². The SMILES string of the molecule is CC(C)N1CC2CN(C(C)C)C(C1)C1(CCCCC1)C2. The van der Waals surface area contributed by atoms with Gasteiger partial charge in [0.1, 0.15) is 0 Å². The van der Waals surface area contributed by atoms with Crippen LogP contribution in [0.5, 0.6) is 0 Å². The third kappa shape index (κ3) is 2.54. The number of nitrogens with zero attached hydrogens (tertiary/aromatic N) is 2. The highest BCUT2D eigenvalue weighted by atomic mass is 15.3. The maximum absolute atomic E-state index is 2.88. The van der Waals surface area contributed by atoms with E-state index >= 15 is 0 Å². The van der Waals surface area contributed by atoms with E-state index in [4.69, 9.17) is 0 Å². The lowest BCUT2D eigenvalue weighted by atomic mass is 9.62. The summed E-state index contributed by atoms with van der Waals surface area (Å²) in [6.45, 7) is 13.6. The summed E-state index contributed by atoms with van der Waals surface area (Å²) < 4.78 is 0. The molecule has 0 radical (unpaired) electrons. The molecule has 0 aromatic carbocycles. The van der Waals surface area contributed by atoms with Crippen LogP contribution in [0.3, 0.4) is 0 Å². The van der Waals surface area contributed by atoms with Crippen molar-refractivity contribution in [3.05, 3.63) is 0 Å². The van der Waals surface area contributed by atoms with Crippen LogP contribution in [0.4, 0.5) is 0 Å². The molecular weight excluding hydrogens is 244 g/mol. The Morgan fingerprint density at radius 3 is 2.15 bits per heavy atom. The van der Waals surface area contributed by atoms with Gasteiger partial charge in [0.05, 0.1) is 0 Å². The van der Waals surface area contributed by atoms with Crippen molar-refractivity contribution in [2.45, 2.75) is 84.3 Å². The van der Waals surface area contributed by atoms with Gasteiger partial charge in [0.25, 0.3) is 0 Å². The summed E-state index contributed by atoms with van der Waals surface area (Å²) >= 11 is 0. The van der Waals surface area contributed by atoms with Gasteiger partial charge in [0.2, 0.25) is 0 Å². The first-order chi connectivity index (χ1) is 9.52. The molecule has 116 valence electrons. The molecule has 3 aliphatic heterocycles. The lowest BCUT2D eigenvalue weighted by molar-refractivity contribution is -0.0402. The van der Waals surface area contributed by atoms with Gasteiger partial charge in [0.15, 0.2) is 0 Å². The zero-order valence-corrected chi connectivity index (χ0v) is 14.1. The molecule has 2 unspecified atom stereocenters.